The Hall–Kier alpha value is -3.66. The van der Waals surface area contributed by atoms with Crippen LogP contribution < -0.4 is 4.74 Å². The van der Waals surface area contributed by atoms with Gasteiger partial charge in [0.25, 0.3) is 0 Å². The van der Waals surface area contributed by atoms with Gasteiger partial charge in [-0.2, -0.15) is 0 Å². The molecule has 0 saturated heterocycles. The maximum atomic E-state index is 5.26. The molecule has 0 aliphatic rings. The molecule has 0 fully saturated rings. The zero-order valence-corrected chi connectivity index (χ0v) is 15.0. The van der Waals surface area contributed by atoms with Crippen molar-refractivity contribution in [1.82, 2.24) is 15.0 Å². The van der Waals surface area contributed by atoms with Gasteiger partial charge in [-0.25, -0.2) is 4.68 Å². The lowest BCUT2D eigenvalue weighted by Gasteiger charge is -2.02. The molecule has 0 aliphatic heterocycles. The Labute approximate surface area is 158 Å². The van der Waals surface area contributed by atoms with E-state index in [1.165, 1.54) is 0 Å². The Kier molecular flexibility index (Phi) is 4.79. The van der Waals surface area contributed by atoms with Gasteiger partial charge in [0.2, 0.25) is 0 Å². The molecule has 4 rings (SSSR count). The molecule has 0 atom stereocenters. The van der Waals surface area contributed by atoms with E-state index in [9.17, 15) is 0 Å². The molecule has 4 heteroatoms. The van der Waals surface area contributed by atoms with Crippen LogP contribution in [0.5, 0.6) is 5.75 Å². The lowest BCUT2D eigenvalue weighted by molar-refractivity contribution is 0.414. The van der Waals surface area contributed by atoms with Crippen molar-refractivity contribution in [1.29, 1.82) is 0 Å². The Balaban J connectivity index is 1.51. The fourth-order valence-electron chi connectivity index (χ4n) is 2.81. The summed E-state index contributed by atoms with van der Waals surface area (Å²) in [4.78, 5) is 0. The van der Waals surface area contributed by atoms with E-state index in [4.69, 9.17) is 4.74 Å². The van der Waals surface area contributed by atoms with Crippen LogP contribution in [0.25, 0.3) is 29.1 Å². The third-order valence-electron chi connectivity index (χ3n) is 4.28. The standard InChI is InChI=1S/C23H19N3O/c1-27-22-9-5-6-19(16-22)11-10-18-12-14-21(15-13-18)26-17-23(24-25-26)20-7-3-2-4-8-20/h2-17H,1H3/b11-10+. The van der Waals surface area contributed by atoms with Crippen LogP contribution in [-0.4, -0.2) is 22.1 Å². The topological polar surface area (TPSA) is 39.9 Å². The van der Waals surface area contributed by atoms with Crippen molar-refractivity contribution in [3.05, 3.63) is 96.2 Å². The normalized spacial score (nSPS) is 11.0. The van der Waals surface area contributed by atoms with Crippen LogP contribution in [0.3, 0.4) is 0 Å². The molecule has 0 N–H and O–H groups in total. The van der Waals surface area contributed by atoms with Gasteiger partial charge in [0.05, 0.1) is 19.0 Å². The maximum absolute atomic E-state index is 5.26. The minimum Gasteiger partial charge on any atom is -0.497 e. The smallest absolute Gasteiger partial charge is 0.119 e. The quantitative estimate of drug-likeness (QED) is 0.468. The molecule has 0 bridgehead atoms. The molecule has 0 aliphatic carbocycles. The predicted octanol–water partition coefficient (Wildman–Crippen LogP) is 5.11. The van der Waals surface area contributed by atoms with Crippen LogP contribution in [-0.2, 0) is 0 Å². The van der Waals surface area contributed by atoms with Crippen LogP contribution in [0.1, 0.15) is 11.1 Å². The van der Waals surface area contributed by atoms with Crippen LogP contribution in [0, 0.1) is 0 Å². The van der Waals surface area contributed by atoms with E-state index in [0.717, 1.165) is 33.8 Å². The molecule has 0 unspecified atom stereocenters. The van der Waals surface area contributed by atoms with Crippen molar-refractivity contribution in [2.45, 2.75) is 0 Å². The van der Waals surface area contributed by atoms with Gasteiger partial charge in [-0.05, 0) is 35.4 Å². The number of rotatable bonds is 5. The summed E-state index contributed by atoms with van der Waals surface area (Å²) in [6.45, 7) is 0. The molecule has 27 heavy (non-hydrogen) atoms. The lowest BCUT2D eigenvalue weighted by Crippen LogP contribution is -1.94. The summed E-state index contributed by atoms with van der Waals surface area (Å²) < 4.78 is 7.05. The Bertz CT molecular complexity index is 1050. The van der Waals surface area contributed by atoms with E-state index in [0.29, 0.717) is 0 Å². The van der Waals surface area contributed by atoms with E-state index in [1.807, 2.05) is 72.9 Å². The van der Waals surface area contributed by atoms with Crippen molar-refractivity contribution in [2.24, 2.45) is 0 Å². The molecule has 0 saturated carbocycles. The molecular formula is C23H19N3O. The van der Waals surface area contributed by atoms with E-state index in [2.05, 4.69) is 34.6 Å². The van der Waals surface area contributed by atoms with Gasteiger partial charge in [0.1, 0.15) is 11.4 Å². The highest BCUT2D eigenvalue weighted by atomic mass is 16.5. The average Bonchev–Trinajstić information content (AvgIpc) is 3.24. The van der Waals surface area contributed by atoms with Gasteiger partial charge in [-0.3, -0.25) is 0 Å². The zero-order valence-electron chi connectivity index (χ0n) is 15.0. The fourth-order valence-corrected chi connectivity index (χ4v) is 2.81. The molecule has 0 radical (unpaired) electrons. The van der Waals surface area contributed by atoms with Crippen molar-refractivity contribution in [2.75, 3.05) is 7.11 Å². The predicted molar refractivity (Wildman–Crippen MR) is 109 cm³/mol. The third kappa shape index (κ3) is 3.96. The zero-order chi connectivity index (χ0) is 18.5. The number of methoxy groups -OCH3 is 1. The molecule has 3 aromatic carbocycles. The fraction of sp³-hybridized carbons (Fsp3) is 0.0435. The van der Waals surface area contributed by atoms with Gasteiger partial charge in [-0.15, -0.1) is 5.10 Å². The molecule has 4 nitrogen and oxygen atoms in total. The molecule has 1 heterocycles. The SMILES string of the molecule is COc1cccc(/C=C/c2ccc(-n3cc(-c4ccccc4)nn3)cc2)c1. The van der Waals surface area contributed by atoms with Gasteiger partial charge in [-0.1, -0.05) is 72.0 Å². The number of hydrogen-bond donors (Lipinski definition) is 0. The monoisotopic (exact) mass is 353 g/mol. The molecule has 1 aromatic heterocycles. The number of benzene rings is 3. The van der Waals surface area contributed by atoms with Crippen molar-refractivity contribution >= 4 is 12.2 Å². The minimum absolute atomic E-state index is 0.855. The maximum Gasteiger partial charge on any atom is 0.119 e. The first-order valence-electron chi connectivity index (χ1n) is 8.72. The molecular weight excluding hydrogens is 334 g/mol. The lowest BCUT2D eigenvalue weighted by atomic mass is 10.1. The molecule has 132 valence electrons. The Morgan fingerprint density at radius 2 is 1.59 bits per heavy atom. The summed E-state index contributed by atoms with van der Waals surface area (Å²) in [7, 11) is 1.68. The summed E-state index contributed by atoms with van der Waals surface area (Å²) in [6, 6.07) is 26.2. The van der Waals surface area contributed by atoms with Crippen LogP contribution in [0.2, 0.25) is 0 Å². The van der Waals surface area contributed by atoms with Gasteiger partial charge in [0.15, 0.2) is 0 Å². The number of aromatic nitrogens is 3. The minimum atomic E-state index is 0.855. The summed E-state index contributed by atoms with van der Waals surface area (Å²) >= 11 is 0. The second-order valence-corrected chi connectivity index (χ2v) is 6.12. The number of hydrogen-bond acceptors (Lipinski definition) is 3. The van der Waals surface area contributed by atoms with Crippen molar-refractivity contribution in [3.8, 4) is 22.7 Å². The number of ether oxygens (including phenoxy) is 1. The van der Waals surface area contributed by atoms with Gasteiger partial charge in [0, 0.05) is 5.56 Å². The first-order valence-corrected chi connectivity index (χ1v) is 8.72. The summed E-state index contributed by atoms with van der Waals surface area (Å²) in [5, 5.41) is 8.50. The van der Waals surface area contributed by atoms with Gasteiger partial charge >= 0.3 is 0 Å². The van der Waals surface area contributed by atoms with E-state index in [1.54, 1.807) is 11.8 Å². The summed E-state index contributed by atoms with van der Waals surface area (Å²) in [6.07, 6.45) is 6.09. The van der Waals surface area contributed by atoms with E-state index >= 15 is 0 Å². The van der Waals surface area contributed by atoms with Crippen molar-refractivity contribution < 1.29 is 4.74 Å². The number of nitrogens with zero attached hydrogens (tertiary/aromatic N) is 3. The first kappa shape index (κ1) is 16.8. The highest BCUT2D eigenvalue weighted by Gasteiger charge is 2.04. The summed E-state index contributed by atoms with van der Waals surface area (Å²) in [5.74, 6) is 0.855. The second-order valence-electron chi connectivity index (χ2n) is 6.12. The van der Waals surface area contributed by atoms with E-state index < -0.39 is 0 Å². The van der Waals surface area contributed by atoms with Crippen molar-refractivity contribution in [3.63, 3.8) is 0 Å². The first-order chi connectivity index (χ1) is 13.3. The largest absolute Gasteiger partial charge is 0.497 e. The van der Waals surface area contributed by atoms with Crippen LogP contribution in [0.4, 0.5) is 0 Å². The van der Waals surface area contributed by atoms with Crippen LogP contribution in [0.15, 0.2) is 85.1 Å². The Morgan fingerprint density at radius 3 is 2.37 bits per heavy atom. The molecule has 0 spiro atoms. The average molecular weight is 353 g/mol. The summed E-state index contributed by atoms with van der Waals surface area (Å²) in [5.41, 5.74) is 5.11. The third-order valence-corrected chi connectivity index (χ3v) is 4.28. The highest BCUT2D eigenvalue weighted by molar-refractivity contribution is 5.70. The highest BCUT2D eigenvalue weighted by Crippen LogP contribution is 2.19. The molecule has 0 amide bonds. The molecule has 4 aromatic rings. The van der Waals surface area contributed by atoms with E-state index in [-0.39, 0.29) is 0 Å². The van der Waals surface area contributed by atoms with Crippen LogP contribution >= 0.6 is 0 Å². The Morgan fingerprint density at radius 1 is 0.815 bits per heavy atom. The van der Waals surface area contributed by atoms with Gasteiger partial charge < -0.3 is 4.74 Å². The second kappa shape index (κ2) is 7.70.